The number of H-pyrrole nitrogens is 1. The van der Waals surface area contributed by atoms with Gasteiger partial charge in [0.05, 0.1) is 6.10 Å². The molecule has 2 heterocycles. The van der Waals surface area contributed by atoms with Crippen molar-refractivity contribution < 1.29 is 24.5 Å². The van der Waals surface area contributed by atoms with Crippen molar-refractivity contribution in [2.75, 3.05) is 13.1 Å². The summed E-state index contributed by atoms with van der Waals surface area (Å²) in [7, 11) is 0. The standard InChI is InChI=1S/C32H44N2O5/c1-23(35)38-28(14-12-24-13-15-31(37)32(20-24)39-27-16-18-33-19-17-27)21-26(36)9-5-3-2-4-8-25-22-34-30-11-7-6-10-29(25)30/h6-7,10-11,13,15,20,22,26-28,33-34,36-37H,2-5,8-9,12,14,16-19,21H2,1H3. The van der Waals surface area contributed by atoms with Crippen LogP contribution >= 0.6 is 0 Å². The molecule has 0 saturated carbocycles. The number of rotatable bonds is 15. The molecule has 0 amide bonds. The maximum absolute atomic E-state index is 11.7. The predicted octanol–water partition coefficient (Wildman–Crippen LogP) is 5.81. The van der Waals surface area contributed by atoms with Gasteiger partial charge in [0.1, 0.15) is 12.2 Å². The molecule has 0 radical (unpaired) electrons. The summed E-state index contributed by atoms with van der Waals surface area (Å²) in [6, 6.07) is 13.8. The van der Waals surface area contributed by atoms with Crippen molar-refractivity contribution in [1.82, 2.24) is 10.3 Å². The number of carbonyl (C=O) groups is 1. The SMILES string of the molecule is CC(=O)OC(CCc1ccc(O)c(OC2CCNCC2)c1)CC(O)CCCCCCc1c[nH]c2ccccc12. The molecule has 2 atom stereocenters. The lowest BCUT2D eigenvalue weighted by atomic mass is 9.98. The monoisotopic (exact) mass is 536 g/mol. The van der Waals surface area contributed by atoms with E-state index in [0.29, 0.717) is 31.4 Å². The van der Waals surface area contributed by atoms with Gasteiger partial charge < -0.3 is 30.0 Å². The first-order chi connectivity index (χ1) is 19.0. The van der Waals surface area contributed by atoms with Crippen molar-refractivity contribution in [3.8, 4) is 11.5 Å². The van der Waals surface area contributed by atoms with Crippen molar-refractivity contribution in [3.63, 3.8) is 0 Å². The summed E-state index contributed by atoms with van der Waals surface area (Å²) in [5, 5.41) is 25.6. The minimum Gasteiger partial charge on any atom is -0.504 e. The van der Waals surface area contributed by atoms with E-state index in [1.807, 2.05) is 12.1 Å². The Kier molecular flexibility index (Phi) is 11.1. The summed E-state index contributed by atoms with van der Waals surface area (Å²) in [4.78, 5) is 15.1. The first-order valence-electron chi connectivity index (χ1n) is 14.6. The number of phenolic OH excluding ortho intramolecular Hbond substituents is 1. The Labute approximate surface area is 231 Å². The van der Waals surface area contributed by atoms with E-state index in [-0.39, 0.29) is 23.9 Å². The number of hydrogen-bond donors (Lipinski definition) is 4. The van der Waals surface area contributed by atoms with Gasteiger partial charge in [-0.25, -0.2) is 0 Å². The molecule has 1 aliphatic rings. The molecule has 1 saturated heterocycles. The second-order valence-corrected chi connectivity index (χ2v) is 10.8. The Morgan fingerprint density at radius 3 is 2.64 bits per heavy atom. The largest absolute Gasteiger partial charge is 0.504 e. The van der Waals surface area contributed by atoms with Gasteiger partial charge in [0.25, 0.3) is 0 Å². The highest BCUT2D eigenvalue weighted by atomic mass is 16.5. The Hall–Kier alpha value is -3.03. The molecule has 1 fully saturated rings. The highest BCUT2D eigenvalue weighted by molar-refractivity contribution is 5.83. The third kappa shape index (κ3) is 9.29. The molecule has 1 aromatic heterocycles. The van der Waals surface area contributed by atoms with Crippen molar-refractivity contribution in [2.45, 2.75) is 95.9 Å². The Balaban J connectivity index is 1.17. The molecular weight excluding hydrogens is 492 g/mol. The van der Waals surface area contributed by atoms with Gasteiger partial charge in [0.2, 0.25) is 0 Å². The van der Waals surface area contributed by atoms with Crippen LogP contribution in [0.15, 0.2) is 48.7 Å². The van der Waals surface area contributed by atoms with E-state index in [2.05, 4.69) is 40.8 Å². The third-order valence-corrected chi connectivity index (χ3v) is 7.64. The Morgan fingerprint density at radius 1 is 1.03 bits per heavy atom. The number of phenols is 1. The lowest BCUT2D eigenvalue weighted by Crippen LogP contribution is -2.34. The predicted molar refractivity (Wildman–Crippen MR) is 154 cm³/mol. The number of esters is 1. The third-order valence-electron chi connectivity index (χ3n) is 7.64. The number of piperidine rings is 1. The van der Waals surface area contributed by atoms with E-state index >= 15 is 0 Å². The number of aromatic nitrogens is 1. The van der Waals surface area contributed by atoms with Crippen LogP contribution in [-0.4, -0.2) is 52.6 Å². The van der Waals surface area contributed by atoms with Crippen LogP contribution in [0.3, 0.4) is 0 Å². The Morgan fingerprint density at radius 2 is 1.82 bits per heavy atom. The summed E-state index contributed by atoms with van der Waals surface area (Å²) < 4.78 is 11.6. The van der Waals surface area contributed by atoms with Crippen LogP contribution < -0.4 is 10.1 Å². The molecule has 4 rings (SSSR count). The number of aromatic amines is 1. The molecule has 2 unspecified atom stereocenters. The number of hydrogen-bond acceptors (Lipinski definition) is 6. The van der Waals surface area contributed by atoms with E-state index in [9.17, 15) is 15.0 Å². The van der Waals surface area contributed by atoms with Crippen molar-refractivity contribution in [3.05, 3.63) is 59.8 Å². The van der Waals surface area contributed by atoms with Gasteiger partial charge in [-0.3, -0.25) is 4.79 Å². The fourth-order valence-electron chi connectivity index (χ4n) is 5.50. The van der Waals surface area contributed by atoms with Crippen LogP contribution in [-0.2, 0) is 22.4 Å². The zero-order valence-electron chi connectivity index (χ0n) is 23.2. The summed E-state index contributed by atoms with van der Waals surface area (Å²) in [5.41, 5.74) is 3.57. The normalized spacial score (nSPS) is 15.7. The lowest BCUT2D eigenvalue weighted by Gasteiger charge is -2.24. The summed E-state index contributed by atoms with van der Waals surface area (Å²) in [5.74, 6) is 0.323. The minimum absolute atomic E-state index is 0.102. The number of aromatic hydroxyl groups is 1. The van der Waals surface area contributed by atoms with Gasteiger partial charge in [0, 0.05) is 30.4 Å². The number of aliphatic hydroxyl groups is 1. The molecule has 7 heteroatoms. The van der Waals surface area contributed by atoms with Gasteiger partial charge in [-0.1, -0.05) is 43.5 Å². The molecule has 2 aromatic carbocycles. The number of aliphatic hydroxyl groups excluding tert-OH is 1. The van der Waals surface area contributed by atoms with Crippen LogP contribution in [0, 0.1) is 0 Å². The van der Waals surface area contributed by atoms with Gasteiger partial charge in [-0.2, -0.15) is 0 Å². The fraction of sp³-hybridized carbons (Fsp3) is 0.531. The van der Waals surface area contributed by atoms with Gasteiger partial charge in [-0.15, -0.1) is 0 Å². The molecule has 0 bridgehead atoms. The second kappa shape index (κ2) is 14.9. The highest BCUT2D eigenvalue weighted by Gasteiger charge is 2.19. The smallest absolute Gasteiger partial charge is 0.302 e. The van der Waals surface area contributed by atoms with Crippen molar-refractivity contribution in [1.29, 1.82) is 0 Å². The Bertz CT molecular complexity index is 1170. The van der Waals surface area contributed by atoms with E-state index < -0.39 is 6.10 Å². The number of unbranched alkanes of at least 4 members (excludes halogenated alkanes) is 3. The number of carbonyl (C=O) groups excluding carboxylic acids is 1. The molecule has 212 valence electrons. The summed E-state index contributed by atoms with van der Waals surface area (Å²) >= 11 is 0. The maximum atomic E-state index is 11.7. The number of benzene rings is 2. The molecule has 39 heavy (non-hydrogen) atoms. The van der Waals surface area contributed by atoms with Crippen molar-refractivity contribution >= 4 is 16.9 Å². The topological polar surface area (TPSA) is 104 Å². The fourth-order valence-corrected chi connectivity index (χ4v) is 5.50. The number of nitrogens with one attached hydrogen (secondary N) is 2. The minimum atomic E-state index is -0.499. The molecule has 0 aliphatic carbocycles. The average molecular weight is 537 g/mol. The van der Waals surface area contributed by atoms with Gasteiger partial charge >= 0.3 is 5.97 Å². The highest BCUT2D eigenvalue weighted by Crippen LogP contribution is 2.30. The maximum Gasteiger partial charge on any atom is 0.302 e. The zero-order valence-corrected chi connectivity index (χ0v) is 23.2. The molecular formula is C32H44N2O5. The van der Waals surface area contributed by atoms with E-state index in [1.165, 1.54) is 23.4 Å². The molecule has 1 aliphatic heterocycles. The van der Waals surface area contributed by atoms with Crippen LogP contribution in [0.1, 0.15) is 75.8 Å². The second-order valence-electron chi connectivity index (χ2n) is 10.8. The number of aryl methyl sites for hydroxylation is 2. The van der Waals surface area contributed by atoms with Crippen molar-refractivity contribution in [2.24, 2.45) is 0 Å². The first-order valence-corrected chi connectivity index (χ1v) is 14.6. The summed E-state index contributed by atoms with van der Waals surface area (Å²) in [6.45, 7) is 3.25. The van der Waals surface area contributed by atoms with E-state index in [4.69, 9.17) is 9.47 Å². The first kappa shape index (κ1) is 29.0. The molecule has 3 aromatic rings. The molecule has 4 N–H and O–H groups in total. The average Bonchev–Trinajstić information content (AvgIpc) is 3.34. The van der Waals surface area contributed by atoms with Crippen LogP contribution in [0.2, 0.25) is 0 Å². The van der Waals surface area contributed by atoms with Gasteiger partial charge in [0.15, 0.2) is 11.5 Å². The number of fused-ring (bicyclic) bond motifs is 1. The summed E-state index contributed by atoms with van der Waals surface area (Å²) in [6.07, 6.45) is 11.0. The zero-order chi connectivity index (χ0) is 27.5. The quantitative estimate of drug-likeness (QED) is 0.144. The van der Waals surface area contributed by atoms with Crippen LogP contribution in [0.25, 0.3) is 10.9 Å². The number of para-hydroxylation sites is 1. The molecule has 7 nitrogen and oxygen atoms in total. The van der Waals surface area contributed by atoms with E-state index in [1.54, 1.807) is 6.07 Å². The lowest BCUT2D eigenvalue weighted by molar-refractivity contribution is -0.148. The van der Waals surface area contributed by atoms with E-state index in [0.717, 1.165) is 63.6 Å². The van der Waals surface area contributed by atoms with Crippen LogP contribution in [0.4, 0.5) is 0 Å². The van der Waals surface area contributed by atoms with Gasteiger partial charge in [-0.05, 0) is 87.4 Å². The van der Waals surface area contributed by atoms with Crippen LogP contribution in [0.5, 0.6) is 11.5 Å². The molecule has 0 spiro atoms. The number of ether oxygens (including phenoxy) is 2.